The fraction of sp³-hybridized carbons (Fsp3) is 0.538. The molecule has 0 bridgehead atoms. The predicted octanol–water partition coefficient (Wildman–Crippen LogP) is -3.55. The molecule has 0 aliphatic carbocycles. The molecule has 0 aliphatic rings. The molecule has 0 spiro atoms. The molecule has 8 N–H and O–H groups in total. The first-order chi connectivity index (χ1) is 11.9. The highest BCUT2D eigenvalue weighted by molar-refractivity contribution is 5.95. The molecule has 26 heavy (non-hydrogen) atoms. The van der Waals surface area contributed by atoms with E-state index in [-0.39, 0.29) is 0 Å². The molecular weight excluding hydrogens is 356 g/mol. The van der Waals surface area contributed by atoms with Gasteiger partial charge in [0.05, 0.1) is 18.9 Å². The van der Waals surface area contributed by atoms with Gasteiger partial charge >= 0.3 is 17.9 Å². The second-order valence-corrected chi connectivity index (χ2v) is 5.21. The topological polar surface area (TPSA) is 225 Å². The van der Waals surface area contributed by atoms with Crippen LogP contribution in [0.2, 0.25) is 0 Å². The van der Waals surface area contributed by atoms with E-state index in [4.69, 9.17) is 21.1 Å². The van der Waals surface area contributed by atoms with E-state index in [1.807, 2.05) is 5.32 Å². The third kappa shape index (κ3) is 9.17. The van der Waals surface area contributed by atoms with Crippen molar-refractivity contribution in [2.75, 3.05) is 6.54 Å². The normalized spacial score (nSPS) is 13.6. The molecule has 3 amide bonds. The molecule has 3 atom stereocenters. The number of carbonyl (C=O) groups is 6. The van der Waals surface area contributed by atoms with Crippen LogP contribution in [0.1, 0.15) is 19.8 Å². The van der Waals surface area contributed by atoms with Gasteiger partial charge in [0.1, 0.15) is 18.6 Å². The number of rotatable bonds is 11. The van der Waals surface area contributed by atoms with Crippen molar-refractivity contribution in [1.82, 2.24) is 16.0 Å². The Hall–Kier alpha value is -3.22. The Kier molecular flexibility index (Phi) is 9.29. The molecule has 13 heteroatoms. The van der Waals surface area contributed by atoms with E-state index < -0.39 is 73.1 Å². The van der Waals surface area contributed by atoms with Crippen molar-refractivity contribution in [3.05, 3.63) is 0 Å². The fourth-order valence-corrected chi connectivity index (χ4v) is 1.63. The van der Waals surface area contributed by atoms with Crippen molar-refractivity contribution in [1.29, 1.82) is 0 Å². The van der Waals surface area contributed by atoms with Gasteiger partial charge in [-0.2, -0.15) is 0 Å². The second-order valence-electron chi connectivity index (χ2n) is 5.21. The molecule has 0 rings (SSSR count). The molecule has 0 aromatic carbocycles. The smallest absolute Gasteiger partial charge is 0.322 e. The van der Waals surface area contributed by atoms with E-state index in [9.17, 15) is 28.8 Å². The number of aliphatic carboxylic acids is 3. The number of hydrogen-bond acceptors (Lipinski definition) is 7. The maximum absolute atomic E-state index is 12.0. The minimum atomic E-state index is -1.58. The van der Waals surface area contributed by atoms with Gasteiger partial charge in [-0.3, -0.25) is 28.8 Å². The van der Waals surface area contributed by atoms with Crippen LogP contribution >= 0.6 is 0 Å². The van der Waals surface area contributed by atoms with Gasteiger partial charge in [-0.25, -0.2) is 0 Å². The summed E-state index contributed by atoms with van der Waals surface area (Å²) in [6, 6.07) is -4.24. The van der Waals surface area contributed by atoms with Gasteiger partial charge in [0, 0.05) is 0 Å². The average Bonchev–Trinajstić information content (AvgIpc) is 2.50. The highest BCUT2D eigenvalue weighted by Gasteiger charge is 2.27. The number of carbonyl (C=O) groups excluding carboxylic acids is 3. The van der Waals surface area contributed by atoms with Crippen LogP contribution in [-0.2, 0) is 28.8 Å². The summed E-state index contributed by atoms with van der Waals surface area (Å²) in [7, 11) is 0. The molecule has 0 fully saturated rings. The largest absolute Gasteiger partial charge is 0.481 e. The zero-order chi connectivity index (χ0) is 20.4. The van der Waals surface area contributed by atoms with E-state index in [1.165, 1.54) is 6.92 Å². The lowest BCUT2D eigenvalue weighted by atomic mass is 10.1. The highest BCUT2D eigenvalue weighted by atomic mass is 16.4. The third-order valence-corrected chi connectivity index (χ3v) is 2.91. The molecule has 0 aromatic rings. The molecule has 0 heterocycles. The van der Waals surface area contributed by atoms with Gasteiger partial charge < -0.3 is 37.0 Å². The highest BCUT2D eigenvalue weighted by Crippen LogP contribution is 1.96. The van der Waals surface area contributed by atoms with E-state index >= 15 is 0 Å². The van der Waals surface area contributed by atoms with Crippen LogP contribution in [0.5, 0.6) is 0 Å². The number of nitrogens with one attached hydrogen (secondary N) is 3. The molecule has 0 saturated carbocycles. The Balaban J connectivity index is 4.82. The summed E-state index contributed by atoms with van der Waals surface area (Å²) in [6.45, 7) is 0.425. The van der Waals surface area contributed by atoms with Crippen LogP contribution in [0.15, 0.2) is 0 Å². The first kappa shape index (κ1) is 22.8. The SMILES string of the molecule is CC(NC(=O)C(N)CC(=O)O)C(=O)NC(CC(=O)O)C(=O)NCC(=O)O. The van der Waals surface area contributed by atoms with Crippen molar-refractivity contribution in [3.63, 3.8) is 0 Å². The third-order valence-electron chi connectivity index (χ3n) is 2.91. The van der Waals surface area contributed by atoms with Gasteiger partial charge in [-0.15, -0.1) is 0 Å². The zero-order valence-electron chi connectivity index (χ0n) is 13.7. The summed E-state index contributed by atoms with van der Waals surface area (Å²) in [5.74, 6) is -7.03. The van der Waals surface area contributed by atoms with Gasteiger partial charge in [-0.1, -0.05) is 0 Å². The molecule has 3 unspecified atom stereocenters. The Morgan fingerprint density at radius 1 is 0.808 bits per heavy atom. The molecule has 0 aromatic heterocycles. The van der Waals surface area contributed by atoms with Gasteiger partial charge in [-0.05, 0) is 6.92 Å². The van der Waals surface area contributed by atoms with E-state index in [0.717, 1.165) is 0 Å². The van der Waals surface area contributed by atoms with Crippen molar-refractivity contribution in [2.45, 2.75) is 37.9 Å². The van der Waals surface area contributed by atoms with E-state index in [0.29, 0.717) is 0 Å². The van der Waals surface area contributed by atoms with E-state index in [1.54, 1.807) is 0 Å². The quantitative estimate of drug-likeness (QED) is 0.188. The number of carboxylic acids is 3. The molecule has 0 saturated heterocycles. The van der Waals surface area contributed by atoms with Gasteiger partial charge in [0.25, 0.3) is 0 Å². The van der Waals surface area contributed by atoms with Crippen molar-refractivity contribution >= 4 is 35.6 Å². The predicted molar refractivity (Wildman–Crippen MR) is 82.7 cm³/mol. The molecular formula is C13H20N4O9. The Bertz CT molecular complexity index is 592. The molecule has 13 nitrogen and oxygen atoms in total. The van der Waals surface area contributed by atoms with Crippen LogP contribution in [0.25, 0.3) is 0 Å². The zero-order valence-corrected chi connectivity index (χ0v) is 13.7. The van der Waals surface area contributed by atoms with Gasteiger partial charge in [0.15, 0.2) is 0 Å². The van der Waals surface area contributed by atoms with Crippen LogP contribution in [0.3, 0.4) is 0 Å². The summed E-state index contributed by atoms with van der Waals surface area (Å²) in [4.78, 5) is 67.1. The lowest BCUT2D eigenvalue weighted by Gasteiger charge is -2.20. The van der Waals surface area contributed by atoms with Crippen LogP contribution in [0.4, 0.5) is 0 Å². The minimum absolute atomic E-state index is 0.667. The second kappa shape index (κ2) is 10.6. The van der Waals surface area contributed by atoms with Crippen molar-refractivity contribution in [3.8, 4) is 0 Å². The minimum Gasteiger partial charge on any atom is -0.481 e. The first-order valence-electron chi connectivity index (χ1n) is 7.23. The monoisotopic (exact) mass is 376 g/mol. The Labute approximate surface area is 146 Å². The summed E-state index contributed by atoms with van der Waals surface area (Å²) in [5, 5.41) is 31.9. The lowest BCUT2D eigenvalue weighted by Crippen LogP contribution is -2.55. The molecule has 146 valence electrons. The standard InChI is InChI=1S/C13H20N4O9/c1-5(16-12(25)6(14)2-8(18)19)11(24)17-7(3-9(20)21)13(26)15-4-10(22)23/h5-7H,2-4,14H2,1H3,(H,15,26)(H,16,25)(H,17,24)(H,18,19)(H,20,21)(H,22,23). The fourth-order valence-electron chi connectivity index (χ4n) is 1.63. The summed E-state index contributed by atoms with van der Waals surface area (Å²) in [5.41, 5.74) is 5.33. The summed E-state index contributed by atoms with van der Waals surface area (Å²) < 4.78 is 0. The van der Waals surface area contributed by atoms with Crippen LogP contribution < -0.4 is 21.7 Å². The number of amides is 3. The van der Waals surface area contributed by atoms with Crippen LogP contribution in [0, 0.1) is 0 Å². The summed E-state index contributed by atoms with van der Waals surface area (Å²) >= 11 is 0. The molecule has 0 aliphatic heterocycles. The van der Waals surface area contributed by atoms with Crippen molar-refractivity contribution in [2.24, 2.45) is 5.73 Å². The number of hydrogen-bond donors (Lipinski definition) is 7. The number of nitrogens with two attached hydrogens (primary N) is 1. The average molecular weight is 376 g/mol. The maximum atomic E-state index is 12.0. The Morgan fingerprint density at radius 3 is 1.81 bits per heavy atom. The van der Waals surface area contributed by atoms with Crippen LogP contribution in [-0.4, -0.2) is 75.6 Å². The summed E-state index contributed by atoms with van der Waals surface area (Å²) in [6.07, 6.45) is -1.49. The lowest BCUT2D eigenvalue weighted by molar-refractivity contribution is -0.141. The van der Waals surface area contributed by atoms with Crippen molar-refractivity contribution < 1.29 is 44.1 Å². The Morgan fingerprint density at radius 2 is 1.35 bits per heavy atom. The first-order valence-corrected chi connectivity index (χ1v) is 7.23. The van der Waals surface area contributed by atoms with Gasteiger partial charge in [0.2, 0.25) is 17.7 Å². The number of carboxylic acid groups (broad SMARTS) is 3. The molecule has 0 radical (unpaired) electrons. The van der Waals surface area contributed by atoms with E-state index in [2.05, 4.69) is 10.6 Å². The maximum Gasteiger partial charge on any atom is 0.322 e.